The highest BCUT2D eigenvalue weighted by Gasteiger charge is 2.26. The molecule has 0 amide bonds. The van der Waals surface area contributed by atoms with Crippen LogP contribution in [0.4, 0.5) is 4.39 Å². The molecule has 90 valence electrons. The zero-order chi connectivity index (χ0) is 11.3. The van der Waals surface area contributed by atoms with Crippen LogP contribution in [-0.2, 0) is 10.0 Å². The van der Waals surface area contributed by atoms with E-state index in [0.29, 0.717) is 25.9 Å². The monoisotopic (exact) mass is 239 g/mol. The molecule has 0 aromatic heterocycles. The Hall–Kier alpha value is -0.200. The Labute approximate surface area is 90.1 Å². The van der Waals surface area contributed by atoms with Crippen LogP contribution < -0.4 is 0 Å². The Morgan fingerprint density at radius 1 is 1.33 bits per heavy atom. The van der Waals surface area contributed by atoms with Crippen molar-refractivity contribution in [2.45, 2.75) is 19.3 Å². The van der Waals surface area contributed by atoms with Crippen molar-refractivity contribution < 1.29 is 17.9 Å². The fraction of sp³-hybridized carbons (Fsp3) is 1.00. The minimum absolute atomic E-state index is 0.0717. The summed E-state index contributed by atoms with van der Waals surface area (Å²) in [6, 6.07) is 0. The summed E-state index contributed by atoms with van der Waals surface area (Å²) in [6.07, 6.45) is 1.47. The topological polar surface area (TPSA) is 57.6 Å². The minimum Gasteiger partial charge on any atom is -0.396 e. The lowest BCUT2D eigenvalue weighted by Crippen LogP contribution is -2.40. The molecule has 15 heavy (non-hydrogen) atoms. The van der Waals surface area contributed by atoms with Gasteiger partial charge in [-0.25, -0.2) is 12.7 Å². The van der Waals surface area contributed by atoms with Gasteiger partial charge in [0.25, 0.3) is 0 Å². The van der Waals surface area contributed by atoms with Crippen LogP contribution in [0.2, 0.25) is 0 Å². The molecule has 0 bridgehead atoms. The first-order chi connectivity index (χ1) is 7.10. The second-order valence-corrected chi connectivity index (χ2v) is 5.97. The predicted octanol–water partition coefficient (Wildman–Crippen LogP) is 0.380. The summed E-state index contributed by atoms with van der Waals surface area (Å²) in [5.74, 6) is 0.116. The van der Waals surface area contributed by atoms with Gasteiger partial charge >= 0.3 is 0 Å². The van der Waals surface area contributed by atoms with Crippen LogP contribution in [0.1, 0.15) is 19.3 Å². The highest BCUT2D eigenvalue weighted by Crippen LogP contribution is 2.19. The van der Waals surface area contributed by atoms with Gasteiger partial charge in [0.1, 0.15) is 0 Å². The van der Waals surface area contributed by atoms with E-state index in [1.165, 1.54) is 4.31 Å². The molecular formula is C9H18FNO3S. The molecule has 0 unspecified atom stereocenters. The maximum atomic E-state index is 11.9. The number of hydrogen-bond donors (Lipinski definition) is 1. The predicted molar refractivity (Wildman–Crippen MR) is 55.8 cm³/mol. The normalized spacial score (nSPS) is 20.7. The van der Waals surface area contributed by atoms with E-state index in [9.17, 15) is 12.8 Å². The van der Waals surface area contributed by atoms with Crippen molar-refractivity contribution in [3.63, 3.8) is 0 Å². The van der Waals surface area contributed by atoms with Gasteiger partial charge in [0, 0.05) is 19.7 Å². The lowest BCUT2D eigenvalue weighted by atomic mass is 10.00. The number of piperidine rings is 1. The molecule has 0 saturated carbocycles. The molecule has 0 spiro atoms. The van der Waals surface area contributed by atoms with Crippen LogP contribution >= 0.6 is 0 Å². The maximum Gasteiger partial charge on any atom is 0.214 e. The van der Waals surface area contributed by atoms with Crippen molar-refractivity contribution in [3.05, 3.63) is 0 Å². The smallest absolute Gasteiger partial charge is 0.214 e. The zero-order valence-electron chi connectivity index (χ0n) is 8.73. The van der Waals surface area contributed by atoms with Crippen molar-refractivity contribution >= 4 is 10.0 Å². The molecule has 1 saturated heterocycles. The van der Waals surface area contributed by atoms with Gasteiger partial charge in [-0.3, -0.25) is 4.39 Å². The van der Waals surface area contributed by atoms with Gasteiger partial charge in [-0.05, 0) is 25.2 Å². The SMILES string of the molecule is O=S(=O)(CCCF)N1CCC(CO)CC1. The number of hydrogen-bond acceptors (Lipinski definition) is 3. The van der Waals surface area contributed by atoms with E-state index in [1.807, 2.05) is 0 Å². The van der Waals surface area contributed by atoms with E-state index < -0.39 is 16.7 Å². The third kappa shape index (κ3) is 3.70. The molecule has 0 aliphatic carbocycles. The fourth-order valence-electron chi connectivity index (χ4n) is 1.74. The Bertz CT molecular complexity index is 273. The van der Waals surface area contributed by atoms with Gasteiger partial charge < -0.3 is 5.11 Å². The van der Waals surface area contributed by atoms with Crippen molar-refractivity contribution in [3.8, 4) is 0 Å². The number of nitrogens with zero attached hydrogens (tertiary/aromatic N) is 1. The molecular weight excluding hydrogens is 221 g/mol. The summed E-state index contributed by atoms with van der Waals surface area (Å²) in [7, 11) is -3.27. The van der Waals surface area contributed by atoms with E-state index in [2.05, 4.69) is 0 Å². The van der Waals surface area contributed by atoms with E-state index in [4.69, 9.17) is 5.11 Å². The van der Waals surface area contributed by atoms with Crippen molar-refractivity contribution in [1.82, 2.24) is 4.31 Å². The molecule has 1 rings (SSSR count). The lowest BCUT2D eigenvalue weighted by Gasteiger charge is -2.30. The average molecular weight is 239 g/mol. The third-order valence-electron chi connectivity index (χ3n) is 2.76. The first-order valence-electron chi connectivity index (χ1n) is 5.25. The van der Waals surface area contributed by atoms with E-state index >= 15 is 0 Å². The van der Waals surface area contributed by atoms with Crippen LogP contribution in [0.5, 0.6) is 0 Å². The van der Waals surface area contributed by atoms with Gasteiger partial charge in [0.15, 0.2) is 0 Å². The quantitative estimate of drug-likeness (QED) is 0.754. The molecule has 0 aromatic rings. The van der Waals surface area contributed by atoms with Crippen molar-refractivity contribution in [2.75, 3.05) is 32.1 Å². The van der Waals surface area contributed by atoms with Gasteiger partial charge in [-0.2, -0.15) is 0 Å². The Balaban J connectivity index is 2.45. The molecule has 1 fully saturated rings. The Morgan fingerprint density at radius 2 is 1.93 bits per heavy atom. The highest BCUT2D eigenvalue weighted by molar-refractivity contribution is 7.89. The van der Waals surface area contributed by atoms with Gasteiger partial charge in [0.2, 0.25) is 10.0 Å². The highest BCUT2D eigenvalue weighted by atomic mass is 32.2. The largest absolute Gasteiger partial charge is 0.396 e. The number of alkyl halides is 1. The maximum absolute atomic E-state index is 11.9. The number of sulfonamides is 1. The van der Waals surface area contributed by atoms with Crippen molar-refractivity contribution in [1.29, 1.82) is 0 Å². The molecule has 0 aromatic carbocycles. The Kier molecular flexibility index (Phi) is 4.95. The summed E-state index contributed by atoms with van der Waals surface area (Å²) < 4.78 is 36.6. The third-order valence-corrected chi connectivity index (χ3v) is 4.72. The molecule has 0 atom stereocenters. The fourth-order valence-corrected chi connectivity index (χ4v) is 3.24. The van der Waals surface area contributed by atoms with E-state index in [0.717, 1.165) is 0 Å². The van der Waals surface area contributed by atoms with Crippen LogP contribution in [0.3, 0.4) is 0 Å². The second-order valence-electron chi connectivity index (χ2n) is 3.88. The summed E-state index contributed by atoms with van der Waals surface area (Å²) in [5.41, 5.74) is 0. The van der Waals surface area contributed by atoms with Crippen LogP contribution in [0, 0.1) is 5.92 Å². The van der Waals surface area contributed by atoms with E-state index in [1.54, 1.807) is 0 Å². The average Bonchev–Trinajstić information content (AvgIpc) is 2.26. The molecule has 1 N–H and O–H groups in total. The van der Waals surface area contributed by atoms with Crippen LogP contribution in [-0.4, -0.2) is 50.0 Å². The standard InChI is InChI=1S/C9H18FNO3S/c10-4-1-7-15(13,14)11-5-2-9(8-12)3-6-11/h9,12H,1-8H2. The molecule has 6 heteroatoms. The van der Waals surface area contributed by atoms with Gasteiger partial charge in [-0.1, -0.05) is 0 Å². The summed E-state index contributed by atoms with van der Waals surface area (Å²) in [6.45, 7) is 0.449. The van der Waals surface area contributed by atoms with Gasteiger partial charge in [-0.15, -0.1) is 0 Å². The number of aliphatic hydroxyl groups excluding tert-OH is 1. The van der Waals surface area contributed by atoms with Crippen LogP contribution in [0.15, 0.2) is 0 Å². The molecule has 1 aliphatic rings. The number of halogens is 1. The van der Waals surface area contributed by atoms with E-state index in [-0.39, 0.29) is 24.7 Å². The Morgan fingerprint density at radius 3 is 2.40 bits per heavy atom. The molecule has 1 aliphatic heterocycles. The summed E-state index contributed by atoms with van der Waals surface area (Å²) in [4.78, 5) is 0. The number of aliphatic hydroxyl groups is 1. The minimum atomic E-state index is -3.27. The summed E-state index contributed by atoms with van der Waals surface area (Å²) >= 11 is 0. The van der Waals surface area contributed by atoms with Gasteiger partial charge in [0.05, 0.1) is 12.4 Å². The van der Waals surface area contributed by atoms with Crippen molar-refractivity contribution in [2.24, 2.45) is 5.92 Å². The molecule has 4 nitrogen and oxygen atoms in total. The zero-order valence-corrected chi connectivity index (χ0v) is 9.55. The summed E-state index contributed by atoms with van der Waals surface area (Å²) in [5, 5.41) is 8.90. The number of rotatable bonds is 5. The molecule has 1 heterocycles. The lowest BCUT2D eigenvalue weighted by molar-refractivity contribution is 0.170. The second kappa shape index (κ2) is 5.77. The molecule has 0 radical (unpaired) electrons. The first-order valence-corrected chi connectivity index (χ1v) is 6.85. The first kappa shape index (κ1) is 12.9. The van der Waals surface area contributed by atoms with Crippen LogP contribution in [0.25, 0.3) is 0 Å².